The van der Waals surface area contributed by atoms with E-state index in [2.05, 4.69) is 18.9 Å². The number of carbonyl (C=O) groups is 1. The van der Waals surface area contributed by atoms with Gasteiger partial charge in [0, 0.05) is 18.8 Å². The van der Waals surface area contributed by atoms with E-state index in [1.165, 1.54) is 39.2 Å². The molecule has 1 saturated carbocycles. The maximum Gasteiger partial charge on any atom is 0.340 e. The van der Waals surface area contributed by atoms with Crippen molar-refractivity contribution in [2.75, 3.05) is 24.8 Å². The van der Waals surface area contributed by atoms with Crippen molar-refractivity contribution in [3.8, 4) is 0 Å². The lowest BCUT2D eigenvalue weighted by molar-refractivity contribution is 0.0601. The molecule has 4 nitrogen and oxygen atoms in total. The van der Waals surface area contributed by atoms with Gasteiger partial charge in [-0.15, -0.1) is 0 Å². The Balaban J connectivity index is 2.19. The number of hydrogen-bond donors (Lipinski definition) is 1. The lowest BCUT2D eigenvalue weighted by Gasteiger charge is -2.36. The number of methoxy groups -OCH3 is 1. The SMILES string of the molecule is CCC1CCC(N(C)c2ccc(N)cc2C(=O)OC)CC1. The van der Waals surface area contributed by atoms with Gasteiger partial charge in [0.05, 0.1) is 18.4 Å². The molecule has 2 rings (SSSR count). The predicted octanol–water partition coefficient (Wildman–Crippen LogP) is 3.46. The van der Waals surface area contributed by atoms with Crippen molar-refractivity contribution in [3.63, 3.8) is 0 Å². The van der Waals surface area contributed by atoms with Crippen LogP contribution < -0.4 is 10.6 Å². The van der Waals surface area contributed by atoms with Crippen LogP contribution in [0.5, 0.6) is 0 Å². The Labute approximate surface area is 127 Å². The molecule has 1 aliphatic rings. The molecule has 1 aliphatic carbocycles. The van der Waals surface area contributed by atoms with Crippen molar-refractivity contribution in [1.29, 1.82) is 0 Å². The fraction of sp³-hybridized carbons (Fsp3) is 0.588. The van der Waals surface area contributed by atoms with E-state index in [0.717, 1.165) is 11.6 Å². The Morgan fingerprint density at radius 1 is 1.33 bits per heavy atom. The number of benzene rings is 1. The Bertz CT molecular complexity index is 494. The van der Waals surface area contributed by atoms with E-state index < -0.39 is 0 Å². The molecular formula is C17H26N2O2. The average Bonchev–Trinajstić information content (AvgIpc) is 2.53. The molecule has 21 heavy (non-hydrogen) atoms. The van der Waals surface area contributed by atoms with Gasteiger partial charge in [-0.05, 0) is 49.8 Å². The number of nitrogens with zero attached hydrogens (tertiary/aromatic N) is 1. The summed E-state index contributed by atoms with van der Waals surface area (Å²) in [5, 5.41) is 0. The maximum atomic E-state index is 12.0. The van der Waals surface area contributed by atoms with Crippen molar-refractivity contribution in [1.82, 2.24) is 0 Å². The Hall–Kier alpha value is -1.71. The second-order valence-corrected chi connectivity index (χ2v) is 5.96. The molecule has 4 heteroatoms. The van der Waals surface area contributed by atoms with Crippen LogP contribution in [-0.4, -0.2) is 26.2 Å². The number of hydrogen-bond acceptors (Lipinski definition) is 4. The first-order valence-corrected chi connectivity index (χ1v) is 7.77. The van der Waals surface area contributed by atoms with Crippen molar-refractivity contribution < 1.29 is 9.53 Å². The monoisotopic (exact) mass is 290 g/mol. The quantitative estimate of drug-likeness (QED) is 0.681. The average molecular weight is 290 g/mol. The molecule has 0 spiro atoms. The molecular weight excluding hydrogens is 264 g/mol. The van der Waals surface area contributed by atoms with Gasteiger partial charge in [0.15, 0.2) is 0 Å². The third kappa shape index (κ3) is 3.49. The number of esters is 1. The lowest BCUT2D eigenvalue weighted by atomic mass is 9.84. The largest absolute Gasteiger partial charge is 0.465 e. The Morgan fingerprint density at radius 2 is 2.00 bits per heavy atom. The van der Waals surface area contributed by atoms with Crippen molar-refractivity contribution in [3.05, 3.63) is 23.8 Å². The summed E-state index contributed by atoms with van der Waals surface area (Å²) >= 11 is 0. The second kappa shape index (κ2) is 6.83. The van der Waals surface area contributed by atoms with Crippen molar-refractivity contribution in [2.45, 2.75) is 45.1 Å². The Kier molecular flexibility index (Phi) is 5.10. The van der Waals surface area contributed by atoms with Crippen LogP contribution in [0, 0.1) is 5.92 Å². The zero-order chi connectivity index (χ0) is 15.4. The van der Waals surface area contributed by atoms with Crippen LogP contribution in [0.1, 0.15) is 49.4 Å². The van der Waals surface area contributed by atoms with Crippen LogP contribution in [0.15, 0.2) is 18.2 Å². The standard InChI is InChI=1S/C17H26N2O2/c1-4-12-5-8-14(9-6-12)19(2)16-10-7-13(18)11-15(16)17(20)21-3/h7,10-12,14H,4-6,8-9,18H2,1-3H3. The minimum Gasteiger partial charge on any atom is -0.465 e. The number of anilines is 2. The Morgan fingerprint density at radius 3 is 2.57 bits per heavy atom. The smallest absolute Gasteiger partial charge is 0.340 e. The van der Waals surface area contributed by atoms with E-state index in [9.17, 15) is 4.79 Å². The van der Waals surface area contributed by atoms with Crippen LogP contribution in [0.25, 0.3) is 0 Å². The molecule has 0 amide bonds. The molecule has 0 heterocycles. The van der Waals surface area contributed by atoms with E-state index in [4.69, 9.17) is 10.5 Å². The van der Waals surface area contributed by atoms with Gasteiger partial charge in [-0.25, -0.2) is 4.79 Å². The van der Waals surface area contributed by atoms with E-state index >= 15 is 0 Å². The van der Waals surface area contributed by atoms with Crippen LogP contribution in [-0.2, 0) is 4.74 Å². The van der Waals surface area contributed by atoms with Gasteiger partial charge < -0.3 is 15.4 Å². The molecule has 0 aromatic heterocycles. The first-order valence-electron chi connectivity index (χ1n) is 7.77. The number of ether oxygens (including phenoxy) is 1. The van der Waals surface area contributed by atoms with Crippen LogP contribution in [0.4, 0.5) is 11.4 Å². The van der Waals surface area contributed by atoms with Gasteiger partial charge in [0.1, 0.15) is 0 Å². The highest BCUT2D eigenvalue weighted by Crippen LogP contribution is 2.33. The highest BCUT2D eigenvalue weighted by Gasteiger charge is 2.25. The fourth-order valence-electron chi connectivity index (χ4n) is 3.27. The van der Waals surface area contributed by atoms with Gasteiger partial charge in [-0.3, -0.25) is 0 Å². The third-order valence-electron chi connectivity index (χ3n) is 4.75. The zero-order valence-electron chi connectivity index (χ0n) is 13.3. The first-order chi connectivity index (χ1) is 10.1. The molecule has 116 valence electrons. The molecule has 0 radical (unpaired) electrons. The highest BCUT2D eigenvalue weighted by molar-refractivity contribution is 5.97. The molecule has 0 bridgehead atoms. The number of rotatable bonds is 4. The minimum atomic E-state index is -0.327. The van der Waals surface area contributed by atoms with Gasteiger partial charge in [-0.2, -0.15) is 0 Å². The molecule has 0 aliphatic heterocycles. The second-order valence-electron chi connectivity index (χ2n) is 5.96. The molecule has 0 atom stereocenters. The predicted molar refractivity (Wildman–Crippen MR) is 86.6 cm³/mol. The van der Waals surface area contributed by atoms with Gasteiger partial charge in [0.2, 0.25) is 0 Å². The third-order valence-corrected chi connectivity index (χ3v) is 4.75. The summed E-state index contributed by atoms with van der Waals surface area (Å²) in [6, 6.07) is 5.96. The highest BCUT2D eigenvalue weighted by atomic mass is 16.5. The van der Waals surface area contributed by atoms with Crippen molar-refractivity contribution >= 4 is 17.3 Å². The van der Waals surface area contributed by atoms with Crippen LogP contribution in [0.3, 0.4) is 0 Å². The lowest BCUT2D eigenvalue weighted by Crippen LogP contribution is -2.36. The van der Waals surface area contributed by atoms with Crippen molar-refractivity contribution in [2.24, 2.45) is 5.92 Å². The van der Waals surface area contributed by atoms with Crippen LogP contribution in [0.2, 0.25) is 0 Å². The minimum absolute atomic E-state index is 0.327. The van der Waals surface area contributed by atoms with Crippen LogP contribution >= 0.6 is 0 Å². The van der Waals surface area contributed by atoms with E-state index in [0.29, 0.717) is 17.3 Å². The molecule has 2 N–H and O–H groups in total. The van der Waals surface area contributed by atoms with Gasteiger partial charge in [-0.1, -0.05) is 13.3 Å². The van der Waals surface area contributed by atoms with E-state index in [1.807, 2.05) is 12.1 Å². The summed E-state index contributed by atoms with van der Waals surface area (Å²) in [7, 11) is 3.47. The summed E-state index contributed by atoms with van der Waals surface area (Å²) in [6.45, 7) is 2.27. The molecule has 0 unspecified atom stereocenters. The molecule has 1 aromatic rings. The topological polar surface area (TPSA) is 55.6 Å². The summed E-state index contributed by atoms with van der Waals surface area (Å²) in [5.41, 5.74) is 7.86. The number of nitrogens with two attached hydrogens (primary N) is 1. The summed E-state index contributed by atoms with van der Waals surface area (Å²) in [6.07, 6.45) is 6.17. The van der Waals surface area contributed by atoms with E-state index in [-0.39, 0.29) is 5.97 Å². The van der Waals surface area contributed by atoms with E-state index in [1.54, 1.807) is 6.07 Å². The fourth-order valence-corrected chi connectivity index (χ4v) is 3.27. The molecule has 1 fully saturated rings. The summed E-state index contributed by atoms with van der Waals surface area (Å²) in [4.78, 5) is 14.2. The maximum absolute atomic E-state index is 12.0. The summed E-state index contributed by atoms with van der Waals surface area (Å²) in [5.74, 6) is 0.535. The number of nitrogen functional groups attached to an aromatic ring is 1. The first kappa shape index (κ1) is 15.7. The molecule has 0 saturated heterocycles. The zero-order valence-corrected chi connectivity index (χ0v) is 13.3. The molecule has 1 aromatic carbocycles. The summed E-state index contributed by atoms with van der Waals surface area (Å²) < 4.78 is 4.88. The number of carbonyl (C=O) groups excluding carboxylic acids is 1. The van der Waals surface area contributed by atoms with Gasteiger partial charge >= 0.3 is 5.97 Å². The van der Waals surface area contributed by atoms with Gasteiger partial charge in [0.25, 0.3) is 0 Å². The normalized spacial score (nSPS) is 21.9.